The molecule has 8 heterocycles. The van der Waals surface area contributed by atoms with E-state index in [1.807, 2.05) is 45.3 Å². The van der Waals surface area contributed by atoms with Gasteiger partial charge in [0.1, 0.15) is 22.1 Å². The molecule has 0 aliphatic heterocycles. The normalized spacial score (nSPS) is 12.6. The highest BCUT2D eigenvalue weighted by Gasteiger charge is 2.19. The Kier molecular flexibility index (Phi) is 16.0. The van der Waals surface area contributed by atoms with Crippen molar-refractivity contribution in [1.29, 1.82) is 0 Å². The SMILES string of the molecule is CCCCC(CC)Cc1ccc(-c2ccc(-c3ccc(-c4ccc(Br)s4)c4nsnc34)s2)s1.CCCCC(CC)Cc1ccc(-c2ccc(-c3ccc(-c4cccs4)c4nsnc34)s2)s1. The maximum atomic E-state index is 4.67. The minimum atomic E-state index is 0.809. The van der Waals surface area contributed by atoms with Crippen LogP contribution in [0.4, 0.5) is 0 Å². The summed E-state index contributed by atoms with van der Waals surface area (Å²) in [6.07, 6.45) is 12.9. The molecule has 334 valence electrons. The molecule has 0 amide bonds. The van der Waals surface area contributed by atoms with Gasteiger partial charge >= 0.3 is 0 Å². The largest absolute Gasteiger partial charge is 0.172 e. The van der Waals surface area contributed by atoms with Gasteiger partial charge in [0, 0.05) is 71.0 Å². The zero-order chi connectivity index (χ0) is 44.7. The molecule has 10 rings (SSSR count). The highest BCUT2D eigenvalue weighted by molar-refractivity contribution is 9.11. The minimum Gasteiger partial charge on any atom is -0.172 e. The molecule has 0 N–H and O–H groups in total. The van der Waals surface area contributed by atoms with E-state index in [0.717, 1.165) is 43.3 Å². The summed E-state index contributed by atoms with van der Waals surface area (Å²) in [6.45, 7) is 9.24. The summed E-state index contributed by atoms with van der Waals surface area (Å²) in [5, 5.41) is 2.11. The van der Waals surface area contributed by atoms with E-state index in [4.69, 9.17) is 0 Å². The van der Waals surface area contributed by atoms with Crippen molar-refractivity contribution in [2.45, 2.75) is 91.9 Å². The molecule has 0 aliphatic carbocycles. The van der Waals surface area contributed by atoms with Crippen molar-refractivity contribution in [3.05, 3.63) is 116 Å². The molecule has 2 unspecified atom stereocenters. The summed E-state index contributed by atoms with van der Waals surface area (Å²) in [4.78, 5) is 13.5. The molecular weight excluding hydrogens is 1020 g/mol. The molecule has 2 aromatic carbocycles. The zero-order valence-corrected chi connectivity index (χ0v) is 45.1. The number of rotatable bonds is 18. The number of thiophene rings is 6. The van der Waals surface area contributed by atoms with Gasteiger partial charge in [-0.05, 0) is 113 Å². The monoisotopic (exact) mass is 1070 g/mol. The van der Waals surface area contributed by atoms with E-state index in [-0.39, 0.29) is 0 Å². The Morgan fingerprint density at radius 1 is 0.431 bits per heavy atom. The summed E-state index contributed by atoms with van der Waals surface area (Å²) in [5.41, 5.74) is 8.74. The van der Waals surface area contributed by atoms with E-state index in [0.29, 0.717) is 0 Å². The molecule has 2 atom stereocenters. The van der Waals surface area contributed by atoms with Crippen molar-refractivity contribution in [1.82, 2.24) is 17.5 Å². The lowest BCUT2D eigenvalue weighted by Crippen LogP contribution is -2.01. The van der Waals surface area contributed by atoms with E-state index in [2.05, 4.69) is 164 Å². The van der Waals surface area contributed by atoms with Gasteiger partial charge in [-0.3, -0.25) is 0 Å². The van der Waals surface area contributed by atoms with Crippen LogP contribution in [0.2, 0.25) is 0 Å². The number of halogens is 1. The first-order valence-corrected chi connectivity index (χ1v) is 29.8. The summed E-state index contributed by atoms with van der Waals surface area (Å²) >= 11 is 17.3. The van der Waals surface area contributed by atoms with E-state index in [1.54, 1.807) is 22.7 Å². The fourth-order valence-electron chi connectivity index (χ4n) is 8.35. The lowest BCUT2D eigenvalue weighted by Gasteiger charge is -2.12. The maximum Gasteiger partial charge on any atom is 0.114 e. The van der Waals surface area contributed by atoms with Gasteiger partial charge in [0.2, 0.25) is 0 Å². The van der Waals surface area contributed by atoms with Crippen LogP contribution in [0.1, 0.15) is 88.8 Å². The van der Waals surface area contributed by atoms with Crippen LogP contribution in [0.3, 0.4) is 0 Å². The van der Waals surface area contributed by atoms with Crippen LogP contribution >= 0.6 is 107 Å². The third-order valence-electron chi connectivity index (χ3n) is 12.1. The van der Waals surface area contributed by atoms with Crippen molar-refractivity contribution in [3.8, 4) is 61.3 Å². The van der Waals surface area contributed by atoms with E-state index in [1.165, 1.54) is 153 Å². The molecule has 0 fully saturated rings. The average molecular weight is 1070 g/mol. The molecular formula is C52H51BrN4S8. The van der Waals surface area contributed by atoms with Gasteiger partial charge in [-0.2, -0.15) is 17.5 Å². The molecule has 0 spiro atoms. The number of hydrogen-bond donors (Lipinski definition) is 0. The number of benzene rings is 2. The number of unbranched alkanes of at least 4 members (excludes halogenated alkanes) is 2. The van der Waals surface area contributed by atoms with Gasteiger partial charge in [0.05, 0.1) is 27.2 Å². The lowest BCUT2D eigenvalue weighted by atomic mass is 9.95. The van der Waals surface area contributed by atoms with Gasteiger partial charge in [-0.15, -0.1) is 68.0 Å². The molecule has 0 saturated heterocycles. The molecule has 0 aliphatic rings. The fraction of sp³-hybridized carbons (Fsp3) is 0.308. The number of aromatic nitrogens is 4. The maximum absolute atomic E-state index is 4.67. The number of nitrogens with zero attached hydrogens (tertiary/aromatic N) is 4. The van der Waals surface area contributed by atoms with Crippen LogP contribution < -0.4 is 0 Å². The summed E-state index contributed by atoms with van der Waals surface area (Å²) in [5.74, 6) is 1.62. The van der Waals surface area contributed by atoms with Crippen LogP contribution in [0.15, 0.2) is 106 Å². The number of fused-ring (bicyclic) bond motifs is 2. The van der Waals surface area contributed by atoms with Crippen LogP contribution in [0.25, 0.3) is 83.3 Å². The van der Waals surface area contributed by atoms with Crippen molar-refractivity contribution >= 4 is 129 Å². The second-order valence-electron chi connectivity index (χ2n) is 16.4. The highest BCUT2D eigenvalue weighted by atomic mass is 79.9. The quantitative estimate of drug-likeness (QED) is 0.0859. The van der Waals surface area contributed by atoms with Crippen molar-refractivity contribution < 1.29 is 0 Å². The molecule has 0 bridgehead atoms. The molecule has 0 saturated carbocycles. The zero-order valence-electron chi connectivity index (χ0n) is 37.0. The molecule has 0 radical (unpaired) electrons. The molecule has 13 heteroatoms. The van der Waals surface area contributed by atoms with Gasteiger partial charge < -0.3 is 0 Å². The average Bonchev–Trinajstić information content (AvgIpc) is 4.18. The van der Waals surface area contributed by atoms with E-state index < -0.39 is 0 Å². The molecule has 10 aromatic rings. The minimum absolute atomic E-state index is 0.809. The Hall–Kier alpha value is -3.24. The van der Waals surface area contributed by atoms with Crippen LogP contribution in [0, 0.1) is 11.8 Å². The highest BCUT2D eigenvalue weighted by Crippen LogP contribution is 2.45. The van der Waals surface area contributed by atoms with Crippen molar-refractivity contribution in [2.24, 2.45) is 11.8 Å². The Balaban J connectivity index is 0.000000164. The molecule has 65 heavy (non-hydrogen) atoms. The predicted molar refractivity (Wildman–Crippen MR) is 296 cm³/mol. The molecule has 8 aromatic heterocycles. The Bertz CT molecular complexity index is 3060. The first-order chi connectivity index (χ1) is 31.9. The third kappa shape index (κ3) is 10.9. The summed E-state index contributed by atoms with van der Waals surface area (Å²) in [6, 6.07) is 35.6. The smallest absolute Gasteiger partial charge is 0.114 e. The number of hydrogen-bond acceptors (Lipinski definition) is 12. The van der Waals surface area contributed by atoms with E-state index >= 15 is 0 Å². The second kappa shape index (κ2) is 22.2. The topological polar surface area (TPSA) is 51.6 Å². The Morgan fingerprint density at radius 2 is 0.831 bits per heavy atom. The van der Waals surface area contributed by atoms with Crippen LogP contribution in [-0.2, 0) is 12.8 Å². The first kappa shape index (κ1) is 46.9. The third-order valence-corrected chi connectivity index (χ3v) is 20.5. The van der Waals surface area contributed by atoms with Gasteiger partial charge in [0.15, 0.2) is 0 Å². The first-order valence-electron chi connectivity index (χ1n) is 22.6. The van der Waals surface area contributed by atoms with Gasteiger partial charge in [0.25, 0.3) is 0 Å². The lowest BCUT2D eigenvalue weighted by molar-refractivity contribution is 0.452. The summed E-state index contributed by atoms with van der Waals surface area (Å²) < 4.78 is 19.7. The van der Waals surface area contributed by atoms with Crippen molar-refractivity contribution in [3.63, 3.8) is 0 Å². The second-order valence-corrected chi connectivity index (χ2v) is 25.4. The summed E-state index contributed by atoms with van der Waals surface area (Å²) in [7, 11) is 0. The van der Waals surface area contributed by atoms with E-state index in [9.17, 15) is 0 Å². The Labute approximate surface area is 423 Å². The fourth-order valence-corrected chi connectivity index (χ4v) is 16.1. The van der Waals surface area contributed by atoms with Crippen molar-refractivity contribution in [2.75, 3.05) is 0 Å². The van der Waals surface area contributed by atoms with Gasteiger partial charge in [-0.25, -0.2) is 0 Å². The standard InChI is InChI=1S/C26H25BrN2S4.C26H26N2S4/c1-3-5-6-16(4-2)15-17-7-10-22(30-17)23-12-11-20(31-23)18-8-9-19(21-13-14-24(27)32-21)26-25(18)28-33-29-26;1-3-5-7-17(4-2)16-18-9-12-23(30-18)24-14-13-22(31-24)20-11-10-19(21-8-6-15-29-21)25-26(20)28-32-27-25/h7-14,16H,3-6,15H2,1-2H3;6,8-15,17H,3-5,7,16H2,1-2H3. The molecule has 4 nitrogen and oxygen atoms in total. The predicted octanol–water partition coefficient (Wildman–Crippen LogP) is 20.0. The van der Waals surface area contributed by atoms with Gasteiger partial charge in [-0.1, -0.05) is 109 Å². The Morgan fingerprint density at radius 3 is 1.23 bits per heavy atom. The van der Waals surface area contributed by atoms with Crippen LogP contribution in [-0.4, -0.2) is 17.5 Å². The van der Waals surface area contributed by atoms with Crippen LogP contribution in [0.5, 0.6) is 0 Å².